The zero-order valence-corrected chi connectivity index (χ0v) is 21.7. The second-order valence-corrected chi connectivity index (χ2v) is 11.2. The van der Waals surface area contributed by atoms with E-state index in [2.05, 4.69) is 20.2 Å². The smallest absolute Gasteiger partial charge is 0.354 e. The van der Waals surface area contributed by atoms with Gasteiger partial charge in [-0.2, -0.15) is 13.2 Å². The summed E-state index contributed by atoms with van der Waals surface area (Å²) >= 11 is 1.50. The van der Waals surface area contributed by atoms with E-state index >= 15 is 0 Å². The Morgan fingerprint density at radius 2 is 1.75 bits per heavy atom. The van der Waals surface area contributed by atoms with Gasteiger partial charge in [0, 0.05) is 48.9 Å². The van der Waals surface area contributed by atoms with E-state index in [4.69, 9.17) is 0 Å². The number of hydrogen-bond acceptors (Lipinski definition) is 6. The highest BCUT2D eigenvalue weighted by Gasteiger charge is 2.36. The van der Waals surface area contributed by atoms with Gasteiger partial charge in [0.15, 0.2) is 0 Å². The van der Waals surface area contributed by atoms with E-state index in [1.54, 1.807) is 0 Å². The molecule has 0 saturated carbocycles. The van der Waals surface area contributed by atoms with Crippen molar-refractivity contribution in [2.75, 3.05) is 44.2 Å². The average molecular weight is 520 g/mol. The number of carbonyl (C=O) groups excluding carboxylic acids is 1. The van der Waals surface area contributed by atoms with Crippen LogP contribution in [-0.2, 0) is 11.6 Å². The predicted molar refractivity (Wildman–Crippen MR) is 138 cm³/mol. The largest absolute Gasteiger partial charge is 0.433 e. The molecule has 3 aromatic rings. The van der Waals surface area contributed by atoms with E-state index in [-0.39, 0.29) is 11.7 Å². The van der Waals surface area contributed by atoms with Crippen LogP contribution in [0.5, 0.6) is 0 Å². The molecule has 0 spiro atoms. The topological polar surface area (TPSA) is 61.4 Å². The molecule has 3 heterocycles. The molecule has 0 aliphatic carbocycles. The van der Waals surface area contributed by atoms with Crippen molar-refractivity contribution in [2.45, 2.75) is 45.2 Å². The zero-order valence-electron chi connectivity index (χ0n) is 20.9. The summed E-state index contributed by atoms with van der Waals surface area (Å²) in [5, 5.41) is 4.08. The molecule has 1 aliphatic heterocycles. The number of rotatable bonds is 7. The van der Waals surface area contributed by atoms with Gasteiger partial charge in [-0.3, -0.25) is 9.69 Å². The SMILES string of the molecule is CC(C)(C)c1nc(N2CCN(CCCCNC(=O)c3cc4ccccc4s3)CC2)cc(C(F)(F)F)n1. The van der Waals surface area contributed by atoms with Crippen molar-refractivity contribution in [3.63, 3.8) is 0 Å². The normalized spacial score (nSPS) is 15.4. The summed E-state index contributed by atoms with van der Waals surface area (Å²) in [4.78, 5) is 25.6. The van der Waals surface area contributed by atoms with Gasteiger partial charge in [-0.25, -0.2) is 9.97 Å². The van der Waals surface area contributed by atoms with Crippen LogP contribution >= 0.6 is 11.3 Å². The Morgan fingerprint density at radius 1 is 1.03 bits per heavy atom. The first-order valence-electron chi connectivity index (χ1n) is 12.2. The minimum atomic E-state index is -4.51. The number of aromatic nitrogens is 2. The van der Waals surface area contributed by atoms with E-state index in [0.29, 0.717) is 25.5 Å². The molecule has 0 unspecified atom stereocenters. The minimum absolute atomic E-state index is 0.0393. The first-order chi connectivity index (χ1) is 17.0. The summed E-state index contributed by atoms with van der Waals surface area (Å²) in [6.07, 6.45) is -2.70. The third-order valence-corrected chi connectivity index (χ3v) is 7.32. The van der Waals surface area contributed by atoms with Gasteiger partial charge in [-0.05, 0) is 36.9 Å². The molecule has 1 aliphatic rings. The van der Waals surface area contributed by atoms with Crippen LogP contribution in [0.3, 0.4) is 0 Å². The molecule has 1 amide bonds. The molecule has 1 aromatic carbocycles. The fourth-order valence-corrected chi connectivity index (χ4v) is 5.10. The first-order valence-corrected chi connectivity index (χ1v) is 13.0. The number of alkyl halides is 3. The lowest BCUT2D eigenvalue weighted by atomic mass is 9.95. The number of benzene rings is 1. The van der Waals surface area contributed by atoms with Gasteiger partial charge in [0.05, 0.1) is 4.88 Å². The van der Waals surface area contributed by atoms with Gasteiger partial charge in [-0.15, -0.1) is 11.3 Å². The van der Waals surface area contributed by atoms with Crippen LogP contribution in [-0.4, -0.2) is 60.0 Å². The molecular weight excluding hydrogens is 487 g/mol. The third kappa shape index (κ3) is 6.53. The number of unbranched alkanes of at least 4 members (excludes halogenated alkanes) is 1. The number of anilines is 1. The molecule has 10 heteroatoms. The summed E-state index contributed by atoms with van der Waals surface area (Å²) < 4.78 is 41.4. The summed E-state index contributed by atoms with van der Waals surface area (Å²) in [7, 11) is 0. The van der Waals surface area contributed by atoms with Gasteiger partial charge < -0.3 is 10.2 Å². The average Bonchev–Trinajstić information content (AvgIpc) is 3.27. The lowest BCUT2D eigenvalue weighted by Crippen LogP contribution is -2.47. The van der Waals surface area contributed by atoms with E-state index < -0.39 is 17.3 Å². The van der Waals surface area contributed by atoms with Crippen LogP contribution in [0.1, 0.15) is 54.8 Å². The first kappa shape index (κ1) is 26.3. The molecule has 2 aromatic heterocycles. The summed E-state index contributed by atoms with van der Waals surface area (Å²) in [6, 6.07) is 10.9. The Kier molecular flexibility index (Phi) is 7.85. The van der Waals surface area contributed by atoms with E-state index in [1.807, 2.05) is 56.0 Å². The van der Waals surface area contributed by atoms with Crippen molar-refractivity contribution < 1.29 is 18.0 Å². The molecule has 1 N–H and O–H groups in total. The van der Waals surface area contributed by atoms with Crippen LogP contribution in [0.25, 0.3) is 10.1 Å². The van der Waals surface area contributed by atoms with Crippen molar-refractivity contribution in [1.82, 2.24) is 20.2 Å². The van der Waals surface area contributed by atoms with E-state index in [9.17, 15) is 18.0 Å². The van der Waals surface area contributed by atoms with Crippen molar-refractivity contribution in [3.05, 3.63) is 52.8 Å². The van der Waals surface area contributed by atoms with Crippen LogP contribution < -0.4 is 10.2 Å². The predicted octanol–water partition coefficient (Wildman–Crippen LogP) is 5.34. The number of nitrogens with one attached hydrogen (secondary N) is 1. The molecule has 0 radical (unpaired) electrons. The second kappa shape index (κ2) is 10.7. The van der Waals surface area contributed by atoms with Crippen LogP contribution in [0, 0.1) is 0 Å². The van der Waals surface area contributed by atoms with Gasteiger partial charge in [0.2, 0.25) is 0 Å². The van der Waals surface area contributed by atoms with Crippen LogP contribution in [0.15, 0.2) is 36.4 Å². The maximum absolute atomic E-state index is 13.4. The number of fused-ring (bicyclic) bond motifs is 1. The molecule has 0 bridgehead atoms. The van der Waals surface area contributed by atoms with Crippen molar-refractivity contribution in [1.29, 1.82) is 0 Å². The second-order valence-electron chi connectivity index (χ2n) is 10.1. The highest BCUT2D eigenvalue weighted by molar-refractivity contribution is 7.20. The molecule has 1 fully saturated rings. The number of amides is 1. The summed E-state index contributed by atoms with van der Waals surface area (Å²) in [5.41, 5.74) is -1.47. The van der Waals surface area contributed by atoms with E-state index in [0.717, 1.165) is 53.5 Å². The molecule has 0 atom stereocenters. The Labute approximate surface area is 213 Å². The quantitative estimate of drug-likeness (QED) is 0.427. The van der Waals surface area contributed by atoms with Crippen molar-refractivity contribution in [3.8, 4) is 0 Å². The lowest BCUT2D eigenvalue weighted by molar-refractivity contribution is -0.141. The standard InChI is InChI=1S/C26H32F3N5OS/c1-25(2,3)24-31-21(26(27,28)29)17-22(32-24)34-14-12-33(13-15-34)11-7-6-10-30-23(35)20-16-18-8-4-5-9-19(18)36-20/h4-5,8-9,16-17H,6-7,10-15H2,1-3H3,(H,30,35). The Morgan fingerprint density at radius 3 is 2.42 bits per heavy atom. The number of piperazine rings is 1. The fourth-order valence-electron chi connectivity index (χ4n) is 4.12. The maximum Gasteiger partial charge on any atom is 0.433 e. The minimum Gasteiger partial charge on any atom is -0.354 e. The van der Waals surface area contributed by atoms with Crippen molar-refractivity contribution >= 4 is 33.1 Å². The van der Waals surface area contributed by atoms with Gasteiger partial charge >= 0.3 is 6.18 Å². The molecule has 36 heavy (non-hydrogen) atoms. The monoisotopic (exact) mass is 519 g/mol. The van der Waals surface area contributed by atoms with Gasteiger partial charge in [0.1, 0.15) is 17.3 Å². The number of carbonyl (C=O) groups is 1. The Hall–Kier alpha value is -2.72. The van der Waals surface area contributed by atoms with Crippen LogP contribution in [0.4, 0.5) is 19.0 Å². The highest BCUT2D eigenvalue weighted by Crippen LogP contribution is 2.32. The van der Waals surface area contributed by atoms with E-state index in [1.165, 1.54) is 11.3 Å². The van der Waals surface area contributed by atoms with Crippen LogP contribution in [0.2, 0.25) is 0 Å². The molecular formula is C26H32F3N5OS. The number of nitrogens with zero attached hydrogens (tertiary/aromatic N) is 4. The third-order valence-electron chi connectivity index (χ3n) is 6.21. The summed E-state index contributed by atoms with van der Waals surface area (Å²) in [6.45, 7) is 9.68. The molecule has 4 rings (SSSR count). The Balaban J connectivity index is 1.22. The number of hydrogen-bond donors (Lipinski definition) is 1. The van der Waals surface area contributed by atoms with Gasteiger partial charge in [0.25, 0.3) is 5.91 Å². The fraction of sp³-hybridized carbons (Fsp3) is 0.500. The highest BCUT2D eigenvalue weighted by atomic mass is 32.1. The summed E-state index contributed by atoms with van der Waals surface area (Å²) in [5.74, 6) is 0.501. The van der Waals surface area contributed by atoms with Gasteiger partial charge in [-0.1, -0.05) is 39.0 Å². The number of thiophene rings is 1. The molecule has 1 saturated heterocycles. The number of halogens is 3. The maximum atomic E-state index is 13.4. The lowest BCUT2D eigenvalue weighted by Gasteiger charge is -2.36. The molecule has 6 nitrogen and oxygen atoms in total. The Bertz CT molecular complexity index is 1130. The molecule has 194 valence electrons. The van der Waals surface area contributed by atoms with Crippen molar-refractivity contribution in [2.24, 2.45) is 0 Å². The zero-order chi connectivity index (χ0) is 25.9.